The number of carbonyl (C=O) groups excluding carboxylic acids is 2. The molecule has 148 valence electrons. The van der Waals surface area contributed by atoms with E-state index in [2.05, 4.69) is 10.3 Å². The van der Waals surface area contributed by atoms with E-state index in [1.54, 1.807) is 17.0 Å². The number of pyridine rings is 1. The normalized spacial score (nSPS) is 10.4. The third kappa shape index (κ3) is 5.29. The van der Waals surface area contributed by atoms with E-state index in [4.69, 9.17) is 0 Å². The highest BCUT2D eigenvalue weighted by Gasteiger charge is 2.18. The summed E-state index contributed by atoms with van der Waals surface area (Å²) in [6, 6.07) is 20.9. The molecule has 3 rings (SSSR count). The molecule has 0 bridgehead atoms. The van der Waals surface area contributed by atoms with Gasteiger partial charge in [0.25, 0.3) is 11.8 Å². The van der Waals surface area contributed by atoms with Crippen LogP contribution in [0.2, 0.25) is 0 Å². The minimum absolute atomic E-state index is 0.190. The number of hydrogen-bond acceptors (Lipinski definition) is 3. The average Bonchev–Trinajstić information content (AvgIpc) is 2.77. The minimum Gasteiger partial charge on any atom is -0.348 e. The lowest BCUT2D eigenvalue weighted by atomic mass is 10.1. The fourth-order valence-electron chi connectivity index (χ4n) is 3.07. The molecule has 1 aromatic heterocycles. The SMILES string of the molecule is CCN(Cc1ccccc1)C(=O)c1cc(C(=O)NCc2ccccc2C)ccn1. The highest BCUT2D eigenvalue weighted by molar-refractivity contribution is 5.98. The van der Waals surface area contributed by atoms with Gasteiger partial charge in [0.15, 0.2) is 0 Å². The van der Waals surface area contributed by atoms with Gasteiger partial charge >= 0.3 is 0 Å². The molecule has 5 nitrogen and oxygen atoms in total. The Bertz CT molecular complexity index is 986. The number of nitrogens with zero attached hydrogens (tertiary/aromatic N) is 2. The van der Waals surface area contributed by atoms with Gasteiger partial charge in [0.05, 0.1) is 0 Å². The monoisotopic (exact) mass is 387 g/mol. The van der Waals surface area contributed by atoms with E-state index in [0.29, 0.717) is 25.2 Å². The second kappa shape index (κ2) is 9.64. The fraction of sp³-hybridized carbons (Fsp3) is 0.208. The zero-order valence-corrected chi connectivity index (χ0v) is 16.8. The molecule has 0 saturated heterocycles. The number of hydrogen-bond donors (Lipinski definition) is 1. The Balaban J connectivity index is 1.69. The molecule has 1 heterocycles. The smallest absolute Gasteiger partial charge is 0.272 e. The van der Waals surface area contributed by atoms with Gasteiger partial charge in [0.1, 0.15) is 5.69 Å². The van der Waals surface area contributed by atoms with E-state index in [0.717, 1.165) is 16.7 Å². The van der Waals surface area contributed by atoms with Gasteiger partial charge in [-0.25, -0.2) is 0 Å². The topological polar surface area (TPSA) is 62.3 Å². The Hall–Kier alpha value is -3.47. The zero-order chi connectivity index (χ0) is 20.6. The minimum atomic E-state index is -0.226. The van der Waals surface area contributed by atoms with Crippen molar-refractivity contribution in [2.24, 2.45) is 0 Å². The van der Waals surface area contributed by atoms with Crippen molar-refractivity contribution in [2.75, 3.05) is 6.54 Å². The van der Waals surface area contributed by atoms with Crippen LogP contribution in [0.5, 0.6) is 0 Å². The molecule has 29 heavy (non-hydrogen) atoms. The van der Waals surface area contributed by atoms with Crippen LogP contribution in [0.25, 0.3) is 0 Å². The maximum absolute atomic E-state index is 12.9. The Labute approximate surface area is 171 Å². The van der Waals surface area contributed by atoms with Gasteiger partial charge in [-0.2, -0.15) is 0 Å². The van der Waals surface area contributed by atoms with Crippen molar-refractivity contribution in [3.63, 3.8) is 0 Å². The first-order valence-corrected chi connectivity index (χ1v) is 9.70. The summed E-state index contributed by atoms with van der Waals surface area (Å²) in [6.07, 6.45) is 1.51. The first-order chi connectivity index (χ1) is 14.1. The van der Waals surface area contributed by atoms with E-state index in [9.17, 15) is 9.59 Å². The number of aromatic nitrogens is 1. The molecule has 0 aliphatic rings. The Kier molecular flexibility index (Phi) is 6.74. The number of carbonyl (C=O) groups is 2. The summed E-state index contributed by atoms with van der Waals surface area (Å²) in [5.41, 5.74) is 3.93. The van der Waals surface area contributed by atoms with Crippen LogP contribution in [0.4, 0.5) is 0 Å². The number of amides is 2. The van der Waals surface area contributed by atoms with Crippen LogP contribution in [0, 0.1) is 6.92 Å². The molecular formula is C24H25N3O2. The van der Waals surface area contributed by atoms with Gasteiger partial charge in [-0.05, 0) is 42.7 Å². The molecule has 0 aliphatic heterocycles. The van der Waals surface area contributed by atoms with Gasteiger partial charge in [-0.15, -0.1) is 0 Å². The summed E-state index contributed by atoms with van der Waals surface area (Å²) in [5, 5.41) is 2.91. The van der Waals surface area contributed by atoms with Gasteiger partial charge in [-0.1, -0.05) is 54.6 Å². The summed E-state index contributed by atoms with van der Waals surface area (Å²) in [4.78, 5) is 31.4. The van der Waals surface area contributed by atoms with Crippen molar-refractivity contribution < 1.29 is 9.59 Å². The summed E-state index contributed by atoms with van der Waals surface area (Å²) < 4.78 is 0. The van der Waals surface area contributed by atoms with Crippen LogP contribution in [0.15, 0.2) is 72.9 Å². The van der Waals surface area contributed by atoms with Crippen molar-refractivity contribution in [1.82, 2.24) is 15.2 Å². The van der Waals surface area contributed by atoms with Crippen LogP contribution in [0.3, 0.4) is 0 Å². The number of benzene rings is 2. The molecule has 0 unspecified atom stereocenters. The van der Waals surface area contributed by atoms with Gasteiger partial charge in [0, 0.05) is 31.4 Å². The second-order valence-corrected chi connectivity index (χ2v) is 6.84. The predicted octanol–water partition coefficient (Wildman–Crippen LogP) is 3.98. The molecule has 2 amide bonds. The lowest BCUT2D eigenvalue weighted by molar-refractivity contribution is 0.0746. The number of nitrogens with one attached hydrogen (secondary N) is 1. The molecule has 0 radical (unpaired) electrons. The summed E-state index contributed by atoms with van der Waals surface area (Å²) in [7, 11) is 0. The third-order valence-electron chi connectivity index (χ3n) is 4.83. The average molecular weight is 387 g/mol. The van der Waals surface area contributed by atoms with Crippen molar-refractivity contribution in [3.05, 3.63) is 101 Å². The van der Waals surface area contributed by atoms with Crippen LogP contribution >= 0.6 is 0 Å². The largest absolute Gasteiger partial charge is 0.348 e. The molecule has 5 heteroatoms. The van der Waals surface area contributed by atoms with Crippen molar-refractivity contribution in [3.8, 4) is 0 Å². The number of aryl methyl sites for hydroxylation is 1. The standard InChI is InChI=1S/C24H25N3O2/c1-3-27(17-19-10-5-4-6-11-19)24(29)22-15-20(13-14-25-22)23(28)26-16-21-12-8-7-9-18(21)2/h4-15H,3,16-17H2,1-2H3,(H,26,28). The molecular weight excluding hydrogens is 362 g/mol. The van der Waals surface area contributed by atoms with Crippen LogP contribution in [-0.2, 0) is 13.1 Å². The molecule has 0 saturated carbocycles. The maximum atomic E-state index is 12.9. The lowest BCUT2D eigenvalue weighted by Crippen LogP contribution is -2.31. The summed E-state index contributed by atoms with van der Waals surface area (Å²) in [6.45, 7) is 5.43. The van der Waals surface area contributed by atoms with Crippen LogP contribution in [0.1, 0.15) is 44.5 Å². The molecule has 0 atom stereocenters. The van der Waals surface area contributed by atoms with Gasteiger partial charge < -0.3 is 10.2 Å². The fourth-order valence-corrected chi connectivity index (χ4v) is 3.07. The van der Waals surface area contributed by atoms with E-state index in [1.165, 1.54) is 6.20 Å². The van der Waals surface area contributed by atoms with Crippen molar-refractivity contribution >= 4 is 11.8 Å². The van der Waals surface area contributed by atoms with E-state index < -0.39 is 0 Å². The predicted molar refractivity (Wildman–Crippen MR) is 113 cm³/mol. The summed E-state index contributed by atoms with van der Waals surface area (Å²) >= 11 is 0. The van der Waals surface area contributed by atoms with E-state index in [1.807, 2.05) is 68.4 Å². The molecule has 0 spiro atoms. The third-order valence-corrected chi connectivity index (χ3v) is 4.83. The molecule has 0 aliphatic carbocycles. The molecule has 3 aromatic rings. The zero-order valence-electron chi connectivity index (χ0n) is 16.8. The number of rotatable bonds is 7. The van der Waals surface area contributed by atoms with E-state index >= 15 is 0 Å². The highest BCUT2D eigenvalue weighted by Crippen LogP contribution is 2.11. The van der Waals surface area contributed by atoms with Crippen molar-refractivity contribution in [2.45, 2.75) is 26.9 Å². The first-order valence-electron chi connectivity index (χ1n) is 9.70. The Morgan fingerprint density at radius 1 is 1.00 bits per heavy atom. The Morgan fingerprint density at radius 3 is 2.45 bits per heavy atom. The highest BCUT2D eigenvalue weighted by atomic mass is 16.2. The molecule has 0 fully saturated rings. The van der Waals surface area contributed by atoms with Crippen LogP contribution in [-0.4, -0.2) is 28.2 Å². The van der Waals surface area contributed by atoms with E-state index in [-0.39, 0.29) is 17.5 Å². The van der Waals surface area contributed by atoms with Gasteiger partial charge in [0.2, 0.25) is 0 Å². The quantitative estimate of drug-likeness (QED) is 0.667. The lowest BCUT2D eigenvalue weighted by Gasteiger charge is -2.20. The van der Waals surface area contributed by atoms with Crippen LogP contribution < -0.4 is 5.32 Å². The Morgan fingerprint density at radius 2 is 1.72 bits per heavy atom. The molecule has 1 N–H and O–H groups in total. The molecule has 2 aromatic carbocycles. The van der Waals surface area contributed by atoms with Gasteiger partial charge in [-0.3, -0.25) is 14.6 Å². The second-order valence-electron chi connectivity index (χ2n) is 6.84. The summed E-state index contributed by atoms with van der Waals surface area (Å²) in [5.74, 6) is -0.416. The first kappa shape index (κ1) is 20.3. The maximum Gasteiger partial charge on any atom is 0.272 e. The van der Waals surface area contributed by atoms with Crippen molar-refractivity contribution in [1.29, 1.82) is 0 Å².